The molecule has 0 N–H and O–H groups in total. The van der Waals surface area contributed by atoms with Gasteiger partial charge in [0.1, 0.15) is 0 Å². The fraction of sp³-hybridized carbons (Fsp3) is 0.529. The monoisotopic (exact) mass is 260 g/mol. The highest BCUT2D eigenvalue weighted by atomic mass is 28.3. The highest BCUT2D eigenvalue weighted by Gasteiger charge is 2.44. The van der Waals surface area contributed by atoms with E-state index in [9.17, 15) is 0 Å². The van der Waals surface area contributed by atoms with E-state index in [1.807, 2.05) is 0 Å². The Morgan fingerprint density at radius 3 is 1.61 bits per heavy atom. The van der Waals surface area contributed by atoms with Gasteiger partial charge in [0.2, 0.25) is 0 Å². The zero-order chi connectivity index (χ0) is 13.8. The summed E-state index contributed by atoms with van der Waals surface area (Å²) in [5.74, 6) is 0. The molecule has 0 bridgehead atoms. The van der Waals surface area contributed by atoms with Crippen LogP contribution >= 0.6 is 0 Å². The predicted octanol–water partition coefficient (Wildman–Crippen LogP) is 5.81. The lowest BCUT2D eigenvalue weighted by molar-refractivity contribution is 0.827. The SMILES string of the molecule is CC(C)[Si](C1=C/C=C\C=C/C=C\1)(C(C)C)C(C)C. The van der Waals surface area contributed by atoms with Gasteiger partial charge in [-0.15, -0.1) is 0 Å². The van der Waals surface area contributed by atoms with Crippen molar-refractivity contribution in [1.82, 2.24) is 0 Å². The molecular formula is C17H28Si. The van der Waals surface area contributed by atoms with E-state index in [1.165, 1.54) is 0 Å². The third kappa shape index (κ3) is 2.77. The molecule has 0 nitrogen and oxygen atoms in total. The van der Waals surface area contributed by atoms with Crippen LogP contribution in [-0.2, 0) is 0 Å². The van der Waals surface area contributed by atoms with Crippen molar-refractivity contribution in [3.05, 3.63) is 47.7 Å². The van der Waals surface area contributed by atoms with E-state index in [0.29, 0.717) is 0 Å². The Bertz CT molecular complexity index is 357. The normalized spacial score (nSPS) is 24.6. The van der Waals surface area contributed by atoms with E-state index >= 15 is 0 Å². The molecule has 1 aliphatic rings. The first-order valence-corrected chi connectivity index (χ1v) is 9.39. The molecule has 18 heavy (non-hydrogen) atoms. The highest BCUT2D eigenvalue weighted by molar-refractivity contribution is 6.90. The Morgan fingerprint density at radius 2 is 1.11 bits per heavy atom. The van der Waals surface area contributed by atoms with E-state index in [4.69, 9.17) is 0 Å². The third-order valence-corrected chi connectivity index (χ3v) is 11.4. The van der Waals surface area contributed by atoms with Gasteiger partial charge in [-0.1, -0.05) is 89.3 Å². The van der Waals surface area contributed by atoms with Crippen molar-refractivity contribution in [2.24, 2.45) is 0 Å². The summed E-state index contributed by atoms with van der Waals surface area (Å²) in [6, 6.07) is 0. The maximum absolute atomic E-state index is 2.42. The van der Waals surface area contributed by atoms with Crippen LogP contribution in [-0.4, -0.2) is 8.07 Å². The van der Waals surface area contributed by atoms with E-state index in [-0.39, 0.29) is 0 Å². The average Bonchev–Trinajstić information content (AvgIpc) is 2.19. The summed E-state index contributed by atoms with van der Waals surface area (Å²) in [4.78, 5) is 0. The first kappa shape index (κ1) is 15.2. The summed E-state index contributed by atoms with van der Waals surface area (Å²) in [5.41, 5.74) is 2.31. The van der Waals surface area contributed by atoms with E-state index in [0.717, 1.165) is 16.6 Å². The Kier molecular flexibility index (Phi) is 5.40. The van der Waals surface area contributed by atoms with Gasteiger partial charge in [-0.3, -0.25) is 0 Å². The number of rotatable bonds is 4. The summed E-state index contributed by atoms with van der Waals surface area (Å²) >= 11 is 0. The van der Waals surface area contributed by atoms with Crippen molar-refractivity contribution in [3.63, 3.8) is 0 Å². The van der Waals surface area contributed by atoms with Gasteiger partial charge in [-0.2, -0.15) is 0 Å². The van der Waals surface area contributed by atoms with Crippen molar-refractivity contribution in [2.45, 2.75) is 58.2 Å². The van der Waals surface area contributed by atoms with Crippen LogP contribution in [0, 0.1) is 0 Å². The van der Waals surface area contributed by atoms with Gasteiger partial charge >= 0.3 is 0 Å². The lowest BCUT2D eigenvalue weighted by Crippen LogP contribution is -2.46. The minimum absolute atomic E-state index is 0.769. The Balaban J connectivity index is 3.34. The van der Waals surface area contributed by atoms with Gasteiger partial charge in [0, 0.05) is 0 Å². The molecule has 0 aliphatic heterocycles. The number of hydrogen-bond acceptors (Lipinski definition) is 0. The molecule has 100 valence electrons. The highest BCUT2D eigenvalue weighted by Crippen LogP contribution is 2.46. The van der Waals surface area contributed by atoms with Crippen molar-refractivity contribution in [2.75, 3.05) is 0 Å². The van der Waals surface area contributed by atoms with Crippen LogP contribution in [0.25, 0.3) is 0 Å². The van der Waals surface area contributed by atoms with Crippen molar-refractivity contribution in [1.29, 1.82) is 0 Å². The summed E-state index contributed by atoms with van der Waals surface area (Å²) in [6.07, 6.45) is 15.5. The molecule has 1 heteroatoms. The first-order chi connectivity index (χ1) is 8.44. The average molecular weight is 260 g/mol. The van der Waals surface area contributed by atoms with Crippen LogP contribution in [0.1, 0.15) is 41.5 Å². The maximum Gasteiger partial charge on any atom is 0.0942 e. The van der Waals surface area contributed by atoms with Crippen molar-refractivity contribution < 1.29 is 0 Å². The molecule has 0 saturated carbocycles. The molecule has 0 aromatic rings. The summed E-state index contributed by atoms with van der Waals surface area (Å²) in [5, 5.41) is 1.60. The Labute approximate surface area is 114 Å². The molecule has 1 rings (SSSR count). The lowest BCUT2D eigenvalue weighted by Gasteiger charge is -2.44. The molecule has 0 radical (unpaired) electrons. The molecule has 0 unspecified atom stereocenters. The quantitative estimate of drug-likeness (QED) is 0.559. The Morgan fingerprint density at radius 1 is 0.667 bits per heavy atom. The van der Waals surface area contributed by atoms with Gasteiger partial charge in [0.05, 0.1) is 8.07 Å². The second kappa shape index (κ2) is 6.37. The first-order valence-electron chi connectivity index (χ1n) is 7.16. The van der Waals surface area contributed by atoms with Crippen LogP contribution in [0.3, 0.4) is 0 Å². The maximum atomic E-state index is 2.42. The van der Waals surface area contributed by atoms with Crippen LogP contribution < -0.4 is 0 Å². The largest absolute Gasteiger partial charge is 0.0942 e. The van der Waals surface area contributed by atoms with Crippen molar-refractivity contribution >= 4 is 8.07 Å². The molecule has 1 aliphatic carbocycles. The van der Waals surface area contributed by atoms with E-state index in [1.54, 1.807) is 5.20 Å². The third-order valence-electron chi connectivity index (χ3n) is 4.36. The zero-order valence-corrected chi connectivity index (χ0v) is 13.8. The fourth-order valence-electron chi connectivity index (χ4n) is 3.86. The Hall–Kier alpha value is -0.823. The van der Waals surface area contributed by atoms with E-state index < -0.39 is 8.07 Å². The fourth-order valence-corrected chi connectivity index (χ4v) is 10.6. The molecule has 0 aromatic carbocycles. The molecular weight excluding hydrogens is 232 g/mol. The van der Waals surface area contributed by atoms with Gasteiger partial charge in [0.25, 0.3) is 0 Å². The minimum Gasteiger partial charge on any atom is -0.0648 e. The summed E-state index contributed by atoms with van der Waals surface area (Å²) in [7, 11) is -1.49. The van der Waals surface area contributed by atoms with Crippen molar-refractivity contribution in [3.8, 4) is 0 Å². The van der Waals surface area contributed by atoms with Gasteiger partial charge in [-0.25, -0.2) is 0 Å². The summed E-state index contributed by atoms with van der Waals surface area (Å²) in [6.45, 7) is 14.5. The number of allylic oxidation sites excluding steroid dienone is 8. The van der Waals surface area contributed by atoms with E-state index in [2.05, 4.69) is 84.1 Å². The second-order valence-electron chi connectivity index (χ2n) is 6.15. The molecule has 0 atom stereocenters. The molecule has 0 aromatic heterocycles. The zero-order valence-electron chi connectivity index (χ0n) is 12.8. The minimum atomic E-state index is -1.49. The second-order valence-corrected chi connectivity index (χ2v) is 12.1. The molecule has 0 amide bonds. The lowest BCUT2D eigenvalue weighted by atomic mass is 10.3. The van der Waals surface area contributed by atoms with Gasteiger partial charge in [0.15, 0.2) is 0 Å². The summed E-state index contributed by atoms with van der Waals surface area (Å²) < 4.78 is 0. The molecule has 0 fully saturated rings. The van der Waals surface area contributed by atoms with Crippen LogP contribution in [0.5, 0.6) is 0 Å². The molecule has 0 saturated heterocycles. The standard InChI is InChI=1S/C17H28Si/c1-14(2)18(15(3)4,16(5)6)17-12-10-8-7-9-11-13-17/h7-16H,1-6H3/b8-7-,9-7?,10-8?,11-9-,12-10-,13-11?,17-12?,17-13+. The van der Waals surface area contributed by atoms with Gasteiger partial charge in [-0.05, 0) is 16.6 Å². The molecule has 0 spiro atoms. The smallest absolute Gasteiger partial charge is 0.0648 e. The number of hydrogen-bond donors (Lipinski definition) is 0. The van der Waals surface area contributed by atoms with Crippen LogP contribution in [0.15, 0.2) is 47.7 Å². The van der Waals surface area contributed by atoms with Crippen LogP contribution in [0.2, 0.25) is 16.6 Å². The topological polar surface area (TPSA) is 0 Å². The van der Waals surface area contributed by atoms with Crippen LogP contribution in [0.4, 0.5) is 0 Å². The van der Waals surface area contributed by atoms with Gasteiger partial charge < -0.3 is 0 Å². The predicted molar refractivity (Wildman–Crippen MR) is 86.6 cm³/mol. The molecule has 0 heterocycles.